The Morgan fingerprint density at radius 1 is 0.957 bits per heavy atom. The van der Waals surface area contributed by atoms with Gasteiger partial charge in [-0.2, -0.15) is 0 Å². The minimum atomic E-state index is -3.85. The third-order valence-corrected chi connectivity index (χ3v) is 5.94. The number of carboxylic acid groups (broad SMARTS) is 1. The number of nitrogens with zero attached hydrogens (tertiary/aromatic N) is 1. The summed E-state index contributed by atoms with van der Waals surface area (Å²) in [6, 6.07) is 12.9. The lowest BCUT2D eigenvalue weighted by atomic mass is 10.3. The van der Waals surface area contributed by atoms with E-state index in [1.807, 2.05) is 0 Å². The first-order valence-electron chi connectivity index (χ1n) is 6.56. The maximum absolute atomic E-state index is 12.8. The van der Waals surface area contributed by atoms with Gasteiger partial charge in [-0.15, -0.1) is 0 Å². The molecule has 0 aliphatic heterocycles. The Labute approximate surface area is 151 Å². The highest BCUT2D eigenvalue weighted by atomic mass is 79.9. The minimum Gasteiger partial charge on any atom is -0.481 e. The van der Waals surface area contributed by atoms with Crippen LogP contribution in [0.25, 0.3) is 0 Å². The minimum absolute atomic E-state index is 0.106. The van der Waals surface area contributed by atoms with Crippen molar-refractivity contribution in [2.45, 2.75) is 11.3 Å². The summed E-state index contributed by atoms with van der Waals surface area (Å²) >= 11 is 6.55. The fourth-order valence-electron chi connectivity index (χ4n) is 1.93. The molecule has 0 aliphatic rings. The summed E-state index contributed by atoms with van der Waals surface area (Å²) in [5, 5.41) is 8.89. The van der Waals surface area contributed by atoms with Crippen LogP contribution < -0.4 is 4.31 Å². The molecule has 0 radical (unpaired) electrons. The SMILES string of the molecule is O=C(O)CCN(c1ccc(Br)cc1)S(=O)(=O)c1ccc(Br)cc1. The summed E-state index contributed by atoms with van der Waals surface area (Å²) in [6.07, 6.45) is -0.286. The van der Waals surface area contributed by atoms with Gasteiger partial charge >= 0.3 is 5.97 Å². The lowest BCUT2D eigenvalue weighted by Gasteiger charge is -2.24. The van der Waals surface area contributed by atoms with Crippen molar-refractivity contribution < 1.29 is 18.3 Å². The molecule has 2 aromatic rings. The van der Waals surface area contributed by atoms with Crippen LogP contribution in [0.4, 0.5) is 5.69 Å². The highest BCUT2D eigenvalue weighted by Crippen LogP contribution is 2.26. The summed E-state index contributed by atoms with van der Waals surface area (Å²) in [7, 11) is -3.85. The van der Waals surface area contributed by atoms with Gasteiger partial charge in [0.1, 0.15) is 0 Å². The van der Waals surface area contributed by atoms with Crippen LogP contribution in [0.3, 0.4) is 0 Å². The molecule has 0 aromatic heterocycles. The molecule has 23 heavy (non-hydrogen) atoms. The van der Waals surface area contributed by atoms with E-state index >= 15 is 0 Å². The molecule has 2 rings (SSSR count). The van der Waals surface area contributed by atoms with Gasteiger partial charge in [0.05, 0.1) is 17.0 Å². The van der Waals surface area contributed by atoms with Crippen LogP contribution >= 0.6 is 31.9 Å². The van der Waals surface area contributed by atoms with Gasteiger partial charge in [0.2, 0.25) is 0 Å². The molecule has 0 aliphatic carbocycles. The van der Waals surface area contributed by atoms with E-state index in [-0.39, 0.29) is 17.9 Å². The number of carbonyl (C=O) groups is 1. The molecule has 1 N–H and O–H groups in total. The van der Waals surface area contributed by atoms with E-state index in [0.717, 1.165) is 13.3 Å². The van der Waals surface area contributed by atoms with Crippen molar-refractivity contribution in [2.75, 3.05) is 10.8 Å². The van der Waals surface area contributed by atoms with Gasteiger partial charge in [-0.05, 0) is 48.5 Å². The van der Waals surface area contributed by atoms with E-state index in [0.29, 0.717) is 5.69 Å². The first kappa shape index (κ1) is 18.0. The third-order valence-electron chi connectivity index (χ3n) is 3.05. The van der Waals surface area contributed by atoms with Crippen LogP contribution in [0.2, 0.25) is 0 Å². The van der Waals surface area contributed by atoms with Gasteiger partial charge in [0.25, 0.3) is 10.0 Å². The summed E-state index contributed by atoms with van der Waals surface area (Å²) in [4.78, 5) is 11.0. The van der Waals surface area contributed by atoms with E-state index < -0.39 is 16.0 Å². The molecule has 0 saturated heterocycles. The highest BCUT2D eigenvalue weighted by molar-refractivity contribution is 9.10. The average Bonchev–Trinajstić information content (AvgIpc) is 2.49. The predicted molar refractivity (Wildman–Crippen MR) is 95.1 cm³/mol. The second-order valence-electron chi connectivity index (χ2n) is 4.65. The second-order valence-corrected chi connectivity index (χ2v) is 8.34. The normalized spacial score (nSPS) is 11.2. The van der Waals surface area contributed by atoms with Gasteiger partial charge in [-0.3, -0.25) is 9.10 Å². The molecule has 122 valence electrons. The summed E-state index contributed by atoms with van der Waals surface area (Å²) in [5.74, 6) is -1.06. The van der Waals surface area contributed by atoms with Crippen LogP contribution in [0.15, 0.2) is 62.4 Å². The summed E-state index contributed by atoms with van der Waals surface area (Å²) < 4.78 is 28.4. The number of hydrogen-bond acceptors (Lipinski definition) is 3. The van der Waals surface area contributed by atoms with E-state index in [1.165, 1.54) is 12.1 Å². The Bertz CT molecular complexity index is 789. The Morgan fingerprint density at radius 3 is 1.91 bits per heavy atom. The molecule has 0 unspecified atom stereocenters. The van der Waals surface area contributed by atoms with Crippen LogP contribution in [0.5, 0.6) is 0 Å². The van der Waals surface area contributed by atoms with Crippen LogP contribution in [0, 0.1) is 0 Å². The molecule has 2 aromatic carbocycles. The maximum Gasteiger partial charge on any atom is 0.305 e. The lowest BCUT2D eigenvalue weighted by molar-refractivity contribution is -0.136. The van der Waals surface area contributed by atoms with Crippen molar-refractivity contribution >= 4 is 53.5 Å². The molecule has 0 heterocycles. The maximum atomic E-state index is 12.8. The van der Waals surface area contributed by atoms with Gasteiger partial charge in [0, 0.05) is 15.5 Å². The number of benzene rings is 2. The van der Waals surface area contributed by atoms with E-state index in [2.05, 4.69) is 31.9 Å². The third kappa shape index (κ3) is 4.55. The predicted octanol–water partition coefficient (Wildman–Crippen LogP) is 3.88. The average molecular weight is 463 g/mol. The number of rotatable bonds is 6. The number of sulfonamides is 1. The Hall–Kier alpha value is -1.38. The standard InChI is InChI=1S/C15H13Br2NO4S/c16-11-1-5-13(6-2-11)18(10-9-15(19)20)23(21,22)14-7-3-12(17)4-8-14/h1-8H,9-10H2,(H,19,20). The number of hydrogen-bond donors (Lipinski definition) is 1. The van der Waals surface area contributed by atoms with Gasteiger partial charge in [-0.25, -0.2) is 8.42 Å². The molecule has 0 atom stereocenters. The zero-order chi connectivity index (χ0) is 17.0. The van der Waals surface area contributed by atoms with Crippen molar-refractivity contribution in [2.24, 2.45) is 0 Å². The Kier molecular flexibility index (Phi) is 5.83. The molecule has 0 fully saturated rings. The molecule has 0 saturated carbocycles. The molecule has 5 nitrogen and oxygen atoms in total. The monoisotopic (exact) mass is 461 g/mol. The van der Waals surface area contributed by atoms with Crippen molar-refractivity contribution in [3.05, 3.63) is 57.5 Å². The molecule has 0 bridgehead atoms. The van der Waals surface area contributed by atoms with E-state index in [4.69, 9.17) is 5.11 Å². The van der Waals surface area contributed by atoms with E-state index in [9.17, 15) is 13.2 Å². The second kappa shape index (κ2) is 7.46. The van der Waals surface area contributed by atoms with E-state index in [1.54, 1.807) is 36.4 Å². The number of carboxylic acids is 1. The Morgan fingerprint density at radius 2 is 1.43 bits per heavy atom. The molecule has 0 spiro atoms. The number of halogens is 2. The fraction of sp³-hybridized carbons (Fsp3) is 0.133. The number of anilines is 1. The zero-order valence-corrected chi connectivity index (χ0v) is 15.8. The van der Waals surface area contributed by atoms with Gasteiger partial charge < -0.3 is 5.11 Å². The van der Waals surface area contributed by atoms with Gasteiger partial charge in [-0.1, -0.05) is 31.9 Å². The Balaban J connectivity index is 2.44. The zero-order valence-electron chi connectivity index (χ0n) is 11.8. The summed E-state index contributed by atoms with van der Waals surface area (Å²) in [6.45, 7) is -0.143. The molecular formula is C15H13Br2NO4S. The van der Waals surface area contributed by atoms with Crippen molar-refractivity contribution in [3.8, 4) is 0 Å². The van der Waals surface area contributed by atoms with Gasteiger partial charge in [0.15, 0.2) is 0 Å². The van der Waals surface area contributed by atoms with Crippen molar-refractivity contribution in [1.82, 2.24) is 0 Å². The first-order chi connectivity index (χ1) is 10.8. The topological polar surface area (TPSA) is 74.7 Å². The first-order valence-corrected chi connectivity index (χ1v) is 9.59. The highest BCUT2D eigenvalue weighted by Gasteiger charge is 2.25. The number of aliphatic carboxylic acids is 1. The quantitative estimate of drug-likeness (QED) is 0.706. The fourth-order valence-corrected chi connectivity index (χ4v) is 3.92. The molecular weight excluding hydrogens is 450 g/mol. The van der Waals surface area contributed by atoms with Crippen molar-refractivity contribution in [3.63, 3.8) is 0 Å². The smallest absolute Gasteiger partial charge is 0.305 e. The van der Waals surface area contributed by atoms with Crippen LogP contribution in [-0.4, -0.2) is 26.0 Å². The van der Waals surface area contributed by atoms with Crippen LogP contribution in [-0.2, 0) is 14.8 Å². The van der Waals surface area contributed by atoms with Crippen LogP contribution in [0.1, 0.15) is 6.42 Å². The van der Waals surface area contributed by atoms with Crippen molar-refractivity contribution in [1.29, 1.82) is 0 Å². The largest absolute Gasteiger partial charge is 0.481 e. The molecule has 8 heteroatoms. The summed E-state index contributed by atoms with van der Waals surface area (Å²) in [5.41, 5.74) is 0.414. The lowest BCUT2D eigenvalue weighted by Crippen LogP contribution is -2.33. The molecule has 0 amide bonds.